The summed E-state index contributed by atoms with van der Waals surface area (Å²) in [5, 5.41) is 69.0. The molecule has 2 amide bonds. The Morgan fingerprint density at radius 3 is 2.31 bits per heavy atom. The molecule has 1 aliphatic carbocycles. The van der Waals surface area contributed by atoms with E-state index in [1.165, 1.54) is 0 Å². The number of aliphatic hydroxyl groups excluding tert-OH is 5. The van der Waals surface area contributed by atoms with Gasteiger partial charge in [-0.25, -0.2) is 9.86 Å². The highest BCUT2D eigenvalue weighted by molar-refractivity contribution is 5.73. The number of amides is 2. The Hall–Kier alpha value is -1.33. The molecule has 2 heterocycles. The lowest BCUT2D eigenvalue weighted by Gasteiger charge is -2.51. The molecule has 0 spiro atoms. The van der Waals surface area contributed by atoms with E-state index < -0.39 is 97.8 Å². The molecule has 18 N–H and O–H groups in total. The molecule has 246 valence electrons. The van der Waals surface area contributed by atoms with Gasteiger partial charge in [0.15, 0.2) is 6.29 Å². The van der Waals surface area contributed by atoms with Gasteiger partial charge in [-0.1, -0.05) is 0 Å². The first kappa shape index (κ1) is 35.2. The molecule has 1 unspecified atom stereocenters. The van der Waals surface area contributed by atoms with E-state index in [1.807, 2.05) is 0 Å². The molecule has 2 saturated heterocycles. The highest BCUT2D eigenvalue weighted by atomic mass is 16.7. The van der Waals surface area contributed by atoms with Crippen LogP contribution in [0.1, 0.15) is 19.3 Å². The van der Waals surface area contributed by atoms with E-state index in [2.05, 4.69) is 10.6 Å². The maximum atomic E-state index is 12.6. The fourth-order valence-corrected chi connectivity index (χ4v) is 5.88. The molecule has 3 fully saturated rings. The Labute approximate surface area is 244 Å². The summed E-state index contributed by atoms with van der Waals surface area (Å²) in [6.45, 7) is 0.594. The van der Waals surface area contributed by atoms with Gasteiger partial charge in [-0.05, 0) is 32.4 Å². The SMILES string of the molecule is NCCCNC[C@H]1O[C@H](C2[C@@H](N)C[C@@H](NC(=O)N(O)CCN)[C@H](O[C@H]3O[C@H](CO)[C@@H](O)[C@H](N)[C@H]3O)[C@H]2O)[C@H](N)C[C@@H]1O. The van der Waals surface area contributed by atoms with Gasteiger partial charge >= 0.3 is 6.03 Å². The normalized spacial score (nSPS) is 42.7. The number of rotatable bonds is 12. The van der Waals surface area contributed by atoms with Crippen LogP contribution < -0.4 is 39.3 Å². The number of aliphatic hydroxyl groups is 5. The number of hydrogen-bond acceptors (Lipinski definition) is 16. The number of carbonyl (C=O) groups excluding carboxylic acids is 1. The van der Waals surface area contributed by atoms with Crippen LogP contribution in [0.15, 0.2) is 0 Å². The van der Waals surface area contributed by atoms with E-state index >= 15 is 0 Å². The molecular weight excluding hydrogens is 560 g/mol. The topological polar surface area (TPSA) is 324 Å². The molecule has 3 rings (SSSR count). The summed E-state index contributed by atoms with van der Waals surface area (Å²) >= 11 is 0. The molecular formula is C24H50N8O10. The van der Waals surface area contributed by atoms with Crippen molar-refractivity contribution in [2.75, 3.05) is 39.3 Å². The van der Waals surface area contributed by atoms with Crippen molar-refractivity contribution < 1.29 is 49.7 Å². The summed E-state index contributed by atoms with van der Waals surface area (Å²) in [6, 6.07) is -4.71. The van der Waals surface area contributed by atoms with E-state index in [4.69, 9.17) is 42.9 Å². The lowest BCUT2D eigenvalue weighted by atomic mass is 9.72. The van der Waals surface area contributed by atoms with Gasteiger partial charge in [0.05, 0.1) is 49.7 Å². The van der Waals surface area contributed by atoms with Gasteiger partial charge in [-0.2, -0.15) is 0 Å². The van der Waals surface area contributed by atoms with Crippen LogP contribution in [0.2, 0.25) is 0 Å². The van der Waals surface area contributed by atoms with Gasteiger partial charge in [-0.15, -0.1) is 0 Å². The molecule has 3 aliphatic rings. The summed E-state index contributed by atoms with van der Waals surface area (Å²) < 4.78 is 17.8. The highest BCUT2D eigenvalue weighted by Gasteiger charge is 2.53. The Kier molecular flexibility index (Phi) is 13.5. The molecule has 18 nitrogen and oxygen atoms in total. The molecule has 1 saturated carbocycles. The van der Waals surface area contributed by atoms with E-state index in [-0.39, 0.29) is 25.9 Å². The smallest absolute Gasteiger partial charge is 0.341 e. The van der Waals surface area contributed by atoms with Gasteiger partial charge < -0.3 is 79.0 Å². The maximum Gasteiger partial charge on any atom is 0.341 e. The maximum absolute atomic E-state index is 12.6. The van der Waals surface area contributed by atoms with Crippen molar-refractivity contribution in [3.63, 3.8) is 0 Å². The number of carbonyl (C=O) groups is 1. The van der Waals surface area contributed by atoms with Gasteiger partial charge in [0.1, 0.15) is 24.4 Å². The largest absolute Gasteiger partial charge is 0.394 e. The Morgan fingerprint density at radius 1 is 0.952 bits per heavy atom. The van der Waals surface area contributed by atoms with Crippen molar-refractivity contribution in [3.05, 3.63) is 0 Å². The minimum absolute atomic E-state index is 0.0179. The number of hydrogen-bond donors (Lipinski definition) is 13. The molecule has 0 aromatic heterocycles. The van der Waals surface area contributed by atoms with E-state index in [9.17, 15) is 35.5 Å². The fraction of sp³-hybridized carbons (Fsp3) is 0.958. The number of nitrogens with two attached hydrogens (primary N) is 5. The van der Waals surface area contributed by atoms with Crippen molar-refractivity contribution in [2.24, 2.45) is 34.6 Å². The highest BCUT2D eigenvalue weighted by Crippen LogP contribution is 2.36. The molecule has 0 bridgehead atoms. The monoisotopic (exact) mass is 610 g/mol. The standard InChI is InChI=1S/C24H50N8O10/c25-2-1-4-30-8-14-13(34)7-11(28)21(40-14)16-10(27)6-12(31-24(38)32(39)5-3-26)22(19(16)36)42-23-20(37)17(29)18(35)15(9-33)41-23/h10-23,30,33-37,39H,1-9,25-29H2,(H,31,38)/t10-,11+,12+,13-,14+,15+,16?,17-,18+,19-,20+,21-,22-,23+/m0/s1. The second-order valence-electron chi connectivity index (χ2n) is 11.3. The van der Waals surface area contributed by atoms with Crippen LogP contribution in [0.3, 0.4) is 0 Å². The predicted molar refractivity (Wildman–Crippen MR) is 146 cm³/mol. The third kappa shape index (κ3) is 8.23. The Balaban J connectivity index is 1.85. The van der Waals surface area contributed by atoms with Crippen molar-refractivity contribution in [1.29, 1.82) is 0 Å². The quantitative estimate of drug-likeness (QED) is 0.0554. The van der Waals surface area contributed by atoms with Gasteiger partial charge in [0, 0.05) is 31.1 Å². The molecule has 42 heavy (non-hydrogen) atoms. The van der Waals surface area contributed by atoms with E-state index in [0.717, 1.165) is 6.42 Å². The number of hydroxylamine groups is 2. The second kappa shape index (κ2) is 16.1. The molecule has 0 radical (unpaired) electrons. The average molecular weight is 611 g/mol. The third-order valence-electron chi connectivity index (χ3n) is 8.24. The Morgan fingerprint density at radius 2 is 1.67 bits per heavy atom. The average Bonchev–Trinajstić information content (AvgIpc) is 2.94. The summed E-state index contributed by atoms with van der Waals surface area (Å²) in [5.41, 5.74) is 29.8. The number of ether oxygens (including phenoxy) is 3. The zero-order chi connectivity index (χ0) is 31.1. The number of nitrogens with zero attached hydrogens (tertiary/aromatic N) is 1. The van der Waals surface area contributed by atoms with Gasteiger partial charge in [0.25, 0.3) is 0 Å². The summed E-state index contributed by atoms with van der Waals surface area (Å²) in [4.78, 5) is 12.6. The van der Waals surface area contributed by atoms with Crippen molar-refractivity contribution in [1.82, 2.24) is 15.7 Å². The number of nitrogens with one attached hydrogen (secondary N) is 2. The number of urea groups is 1. The zero-order valence-corrected chi connectivity index (χ0v) is 23.6. The van der Waals surface area contributed by atoms with Crippen LogP contribution in [-0.2, 0) is 14.2 Å². The molecule has 0 aromatic carbocycles. The van der Waals surface area contributed by atoms with Crippen molar-refractivity contribution in [2.45, 2.75) is 98.6 Å². The van der Waals surface area contributed by atoms with Crippen LogP contribution in [0.5, 0.6) is 0 Å². The first-order valence-electron chi connectivity index (χ1n) is 14.4. The second-order valence-corrected chi connectivity index (χ2v) is 11.3. The molecule has 14 atom stereocenters. The minimum Gasteiger partial charge on any atom is -0.394 e. The van der Waals surface area contributed by atoms with E-state index in [1.54, 1.807) is 0 Å². The molecule has 18 heteroatoms. The van der Waals surface area contributed by atoms with Gasteiger partial charge in [0.2, 0.25) is 0 Å². The van der Waals surface area contributed by atoms with Crippen LogP contribution in [-0.4, -0.2) is 160 Å². The first-order chi connectivity index (χ1) is 19.9. The lowest BCUT2D eigenvalue weighted by molar-refractivity contribution is -0.306. The molecule has 0 aromatic rings. The van der Waals surface area contributed by atoms with Crippen LogP contribution in [0, 0.1) is 5.92 Å². The summed E-state index contributed by atoms with van der Waals surface area (Å²) in [5.74, 6) is -0.861. The summed E-state index contributed by atoms with van der Waals surface area (Å²) in [6.07, 6.45) is -9.90. The van der Waals surface area contributed by atoms with Crippen molar-refractivity contribution in [3.8, 4) is 0 Å². The van der Waals surface area contributed by atoms with Crippen LogP contribution in [0.25, 0.3) is 0 Å². The third-order valence-corrected chi connectivity index (χ3v) is 8.24. The first-order valence-corrected chi connectivity index (χ1v) is 14.4. The predicted octanol–water partition coefficient (Wildman–Crippen LogP) is -6.64. The van der Waals surface area contributed by atoms with Crippen LogP contribution in [0.4, 0.5) is 4.79 Å². The zero-order valence-electron chi connectivity index (χ0n) is 23.6. The summed E-state index contributed by atoms with van der Waals surface area (Å²) in [7, 11) is 0. The van der Waals surface area contributed by atoms with Crippen LogP contribution >= 0.6 is 0 Å². The minimum atomic E-state index is -1.57. The lowest BCUT2D eigenvalue weighted by Crippen LogP contribution is -2.70. The van der Waals surface area contributed by atoms with E-state index in [0.29, 0.717) is 24.7 Å². The molecule has 2 aliphatic heterocycles. The van der Waals surface area contributed by atoms with Gasteiger partial charge in [-0.3, -0.25) is 5.21 Å². The van der Waals surface area contributed by atoms with Crippen molar-refractivity contribution >= 4 is 6.03 Å². The Bertz CT molecular complexity index is 836. The fourth-order valence-electron chi connectivity index (χ4n) is 5.88.